The predicted molar refractivity (Wildman–Crippen MR) is 76.9 cm³/mol. The van der Waals surface area contributed by atoms with Crippen LogP contribution in [0.25, 0.3) is 0 Å². The lowest BCUT2D eigenvalue weighted by Gasteiger charge is -2.30. The molecule has 5 heteroatoms. The molecule has 0 radical (unpaired) electrons. The van der Waals surface area contributed by atoms with Crippen molar-refractivity contribution in [2.75, 3.05) is 20.1 Å². The molecule has 3 nitrogen and oxygen atoms in total. The zero-order valence-corrected chi connectivity index (χ0v) is 12.9. The summed E-state index contributed by atoms with van der Waals surface area (Å²) in [6.45, 7) is 2.15. The van der Waals surface area contributed by atoms with Crippen molar-refractivity contribution in [3.05, 3.63) is 30.7 Å². The van der Waals surface area contributed by atoms with Crippen LogP contribution in [-0.2, 0) is 0 Å². The van der Waals surface area contributed by atoms with Crippen LogP contribution in [0.15, 0.2) is 21.5 Å². The Hall–Kier alpha value is 0.120. The van der Waals surface area contributed by atoms with Crippen LogP contribution >= 0.6 is 38.5 Å². The van der Waals surface area contributed by atoms with Crippen LogP contribution in [0.3, 0.4) is 0 Å². The summed E-state index contributed by atoms with van der Waals surface area (Å²) < 4.78 is 3.87. The van der Waals surface area contributed by atoms with Crippen molar-refractivity contribution in [3.8, 4) is 0 Å². The Kier molecular flexibility index (Phi) is 4.07. The van der Waals surface area contributed by atoms with Gasteiger partial charge in [-0.3, -0.25) is 4.79 Å². The fourth-order valence-electron chi connectivity index (χ4n) is 2.06. The Bertz CT molecular complexity index is 438. The fourth-order valence-corrected chi connectivity index (χ4v) is 2.81. The molecule has 16 heavy (non-hydrogen) atoms. The summed E-state index contributed by atoms with van der Waals surface area (Å²) in [7, 11) is 2.13. The molecule has 0 spiro atoms. The quantitative estimate of drug-likeness (QED) is 0.681. The Morgan fingerprint density at radius 2 is 2.06 bits per heavy atom. The standard InChI is InChI=1S/C11H14BrIN2O/c1-14-4-2-8(3-5-14)15-7-10(13)9(12)6-11(15)16/h6-8H,2-5H2,1H3. The summed E-state index contributed by atoms with van der Waals surface area (Å²) in [4.78, 5) is 14.2. The van der Waals surface area contributed by atoms with Crippen LogP contribution in [0, 0.1) is 3.57 Å². The topological polar surface area (TPSA) is 25.2 Å². The first kappa shape index (κ1) is 12.6. The van der Waals surface area contributed by atoms with E-state index in [0.717, 1.165) is 34.0 Å². The van der Waals surface area contributed by atoms with Gasteiger partial charge in [0.05, 0.1) is 0 Å². The van der Waals surface area contributed by atoms with Crippen LogP contribution in [0.4, 0.5) is 0 Å². The number of pyridine rings is 1. The van der Waals surface area contributed by atoms with Crippen LogP contribution in [0.5, 0.6) is 0 Å². The Morgan fingerprint density at radius 3 is 2.69 bits per heavy atom. The fraction of sp³-hybridized carbons (Fsp3) is 0.545. The third-order valence-corrected chi connectivity index (χ3v) is 5.32. The molecule has 0 N–H and O–H groups in total. The molecule has 1 fully saturated rings. The highest BCUT2D eigenvalue weighted by Gasteiger charge is 2.19. The summed E-state index contributed by atoms with van der Waals surface area (Å²) in [6.07, 6.45) is 4.09. The second kappa shape index (κ2) is 5.18. The summed E-state index contributed by atoms with van der Waals surface area (Å²) in [5, 5.41) is 0. The molecule has 0 amide bonds. The van der Waals surface area contributed by atoms with E-state index in [1.165, 1.54) is 0 Å². The molecule has 1 aliphatic rings. The minimum absolute atomic E-state index is 0.0989. The van der Waals surface area contributed by atoms with Gasteiger partial charge >= 0.3 is 0 Å². The number of hydrogen-bond acceptors (Lipinski definition) is 2. The van der Waals surface area contributed by atoms with E-state index >= 15 is 0 Å². The van der Waals surface area contributed by atoms with Gasteiger partial charge in [-0.15, -0.1) is 0 Å². The van der Waals surface area contributed by atoms with Crippen molar-refractivity contribution in [3.63, 3.8) is 0 Å². The molecule has 0 atom stereocenters. The number of nitrogens with zero attached hydrogens (tertiary/aromatic N) is 2. The van der Waals surface area contributed by atoms with Gasteiger partial charge in [-0.05, 0) is 71.5 Å². The molecule has 2 rings (SSSR count). The third-order valence-electron chi connectivity index (χ3n) is 3.07. The highest BCUT2D eigenvalue weighted by Crippen LogP contribution is 2.23. The van der Waals surface area contributed by atoms with E-state index in [1.807, 2.05) is 10.8 Å². The van der Waals surface area contributed by atoms with Crippen LogP contribution < -0.4 is 5.56 Å². The Labute approximate surface area is 117 Å². The number of hydrogen-bond donors (Lipinski definition) is 0. The first-order chi connectivity index (χ1) is 7.58. The van der Waals surface area contributed by atoms with Crippen molar-refractivity contribution in [1.82, 2.24) is 9.47 Å². The maximum Gasteiger partial charge on any atom is 0.251 e. The third kappa shape index (κ3) is 2.68. The lowest BCUT2D eigenvalue weighted by atomic mass is 10.1. The normalized spacial score (nSPS) is 18.9. The summed E-state index contributed by atoms with van der Waals surface area (Å²) in [5.41, 5.74) is 0.0989. The Balaban J connectivity index is 2.27. The molecule has 1 aliphatic heterocycles. The molecular formula is C11H14BrIN2O. The van der Waals surface area contributed by atoms with Crippen LogP contribution in [0.2, 0.25) is 0 Å². The van der Waals surface area contributed by atoms with E-state index < -0.39 is 0 Å². The number of aromatic nitrogens is 1. The maximum absolute atomic E-state index is 11.9. The minimum Gasteiger partial charge on any atom is -0.311 e. The van der Waals surface area contributed by atoms with Crippen LogP contribution in [-0.4, -0.2) is 29.6 Å². The monoisotopic (exact) mass is 396 g/mol. The molecule has 0 bridgehead atoms. The molecule has 88 valence electrons. The van der Waals surface area contributed by atoms with E-state index in [0.29, 0.717) is 6.04 Å². The first-order valence-corrected chi connectivity index (χ1v) is 7.21. The van der Waals surface area contributed by atoms with E-state index in [2.05, 4.69) is 50.5 Å². The molecule has 0 saturated carbocycles. The van der Waals surface area contributed by atoms with Crippen molar-refractivity contribution in [2.45, 2.75) is 18.9 Å². The van der Waals surface area contributed by atoms with E-state index in [9.17, 15) is 4.79 Å². The van der Waals surface area contributed by atoms with Crippen molar-refractivity contribution >= 4 is 38.5 Å². The zero-order valence-electron chi connectivity index (χ0n) is 9.12. The second-order valence-electron chi connectivity index (χ2n) is 4.25. The smallest absolute Gasteiger partial charge is 0.251 e. The molecule has 0 unspecified atom stereocenters. The van der Waals surface area contributed by atoms with Crippen molar-refractivity contribution in [1.29, 1.82) is 0 Å². The van der Waals surface area contributed by atoms with Gasteiger partial charge in [0.1, 0.15) is 0 Å². The van der Waals surface area contributed by atoms with Crippen molar-refractivity contribution < 1.29 is 0 Å². The van der Waals surface area contributed by atoms with Gasteiger partial charge in [0.15, 0.2) is 0 Å². The molecule has 1 aromatic rings. The number of rotatable bonds is 1. The largest absolute Gasteiger partial charge is 0.311 e. The lowest BCUT2D eigenvalue weighted by molar-refractivity contribution is 0.218. The number of halogens is 2. The van der Waals surface area contributed by atoms with E-state index in [4.69, 9.17) is 0 Å². The summed E-state index contributed by atoms with van der Waals surface area (Å²) >= 11 is 5.63. The molecular weight excluding hydrogens is 383 g/mol. The second-order valence-corrected chi connectivity index (χ2v) is 6.27. The van der Waals surface area contributed by atoms with Gasteiger partial charge in [0, 0.05) is 26.3 Å². The highest BCUT2D eigenvalue weighted by atomic mass is 127. The summed E-state index contributed by atoms with van der Waals surface area (Å²) in [6, 6.07) is 2.03. The molecule has 0 aliphatic carbocycles. The Morgan fingerprint density at radius 1 is 1.44 bits per heavy atom. The van der Waals surface area contributed by atoms with Crippen LogP contribution in [0.1, 0.15) is 18.9 Å². The molecule has 2 heterocycles. The highest BCUT2D eigenvalue weighted by molar-refractivity contribution is 14.1. The first-order valence-electron chi connectivity index (χ1n) is 5.33. The van der Waals surface area contributed by atoms with Gasteiger partial charge in [-0.2, -0.15) is 0 Å². The van der Waals surface area contributed by atoms with Crippen molar-refractivity contribution in [2.24, 2.45) is 0 Å². The number of piperidine rings is 1. The number of likely N-dealkylation sites (tertiary alicyclic amines) is 1. The van der Waals surface area contributed by atoms with Gasteiger partial charge < -0.3 is 9.47 Å². The molecule has 1 aromatic heterocycles. The van der Waals surface area contributed by atoms with Gasteiger partial charge in [-0.25, -0.2) is 0 Å². The molecule has 1 saturated heterocycles. The lowest BCUT2D eigenvalue weighted by Crippen LogP contribution is -2.35. The van der Waals surface area contributed by atoms with Gasteiger partial charge in [0.25, 0.3) is 5.56 Å². The van der Waals surface area contributed by atoms with Gasteiger partial charge in [0.2, 0.25) is 0 Å². The molecule has 0 aromatic carbocycles. The average Bonchev–Trinajstić information content (AvgIpc) is 2.25. The maximum atomic E-state index is 11.9. The van der Waals surface area contributed by atoms with E-state index in [-0.39, 0.29) is 5.56 Å². The average molecular weight is 397 g/mol. The minimum atomic E-state index is 0.0989. The van der Waals surface area contributed by atoms with Gasteiger partial charge in [-0.1, -0.05) is 0 Å². The summed E-state index contributed by atoms with van der Waals surface area (Å²) in [5.74, 6) is 0. The predicted octanol–water partition coefficient (Wildman–Crippen LogP) is 2.48. The SMILES string of the molecule is CN1CCC(n2cc(I)c(Br)cc2=O)CC1. The zero-order chi connectivity index (χ0) is 11.7. The van der Waals surface area contributed by atoms with E-state index in [1.54, 1.807) is 6.07 Å².